The minimum Gasteiger partial charge on any atom is -0.490 e. The lowest BCUT2D eigenvalue weighted by Gasteiger charge is -2.39. The number of hydrogen-bond acceptors (Lipinski definition) is 4. The van der Waals surface area contributed by atoms with E-state index in [4.69, 9.17) is 4.74 Å². The molecule has 0 aliphatic carbocycles. The van der Waals surface area contributed by atoms with Crippen LogP contribution in [0, 0.1) is 0 Å². The second-order valence-corrected chi connectivity index (χ2v) is 8.16. The highest BCUT2D eigenvalue weighted by molar-refractivity contribution is 7.99. The first kappa shape index (κ1) is 17.4. The molecule has 3 heterocycles. The zero-order valence-corrected chi connectivity index (χ0v) is 15.6. The summed E-state index contributed by atoms with van der Waals surface area (Å²) in [6, 6.07) is 14.8. The molecule has 2 fully saturated rings. The standard InChI is InChI=1S/C21H24N2O2S/c24-21(10-13-26-20-4-2-1-3-5-20)23-16-6-7-17(23)15-19(14-16)25-18-8-11-22-12-9-18/h1-5,8-9,11-12,16-17,19H,6-7,10,13-15H2. The molecule has 26 heavy (non-hydrogen) atoms. The number of piperidine rings is 1. The van der Waals surface area contributed by atoms with Crippen molar-refractivity contribution in [2.75, 3.05) is 5.75 Å². The fourth-order valence-corrected chi connectivity index (χ4v) is 5.00. The predicted octanol–water partition coefficient (Wildman–Crippen LogP) is 4.16. The molecule has 2 saturated heterocycles. The molecule has 4 rings (SSSR count). The molecule has 0 N–H and O–H groups in total. The number of fused-ring (bicyclic) bond motifs is 2. The quantitative estimate of drug-likeness (QED) is 0.718. The van der Waals surface area contributed by atoms with Gasteiger partial charge in [-0.2, -0.15) is 0 Å². The van der Waals surface area contributed by atoms with Gasteiger partial charge in [0.05, 0.1) is 0 Å². The summed E-state index contributed by atoms with van der Waals surface area (Å²) in [5, 5.41) is 0. The number of thioether (sulfide) groups is 1. The first-order valence-electron chi connectivity index (χ1n) is 9.35. The monoisotopic (exact) mass is 368 g/mol. The Hall–Kier alpha value is -2.01. The van der Waals surface area contributed by atoms with Crippen molar-refractivity contribution >= 4 is 17.7 Å². The van der Waals surface area contributed by atoms with Gasteiger partial charge in [-0.05, 0) is 37.1 Å². The van der Waals surface area contributed by atoms with Gasteiger partial charge in [-0.15, -0.1) is 11.8 Å². The topological polar surface area (TPSA) is 42.4 Å². The van der Waals surface area contributed by atoms with Crippen LogP contribution >= 0.6 is 11.8 Å². The molecule has 4 nitrogen and oxygen atoms in total. The zero-order chi connectivity index (χ0) is 17.8. The Morgan fingerprint density at radius 3 is 2.46 bits per heavy atom. The number of benzene rings is 1. The van der Waals surface area contributed by atoms with Crippen molar-refractivity contribution in [3.05, 3.63) is 54.9 Å². The third kappa shape index (κ3) is 4.04. The maximum Gasteiger partial charge on any atom is 0.223 e. The minimum atomic E-state index is 0.206. The number of pyridine rings is 1. The van der Waals surface area contributed by atoms with Crippen LogP contribution < -0.4 is 4.74 Å². The molecule has 0 radical (unpaired) electrons. The summed E-state index contributed by atoms with van der Waals surface area (Å²) in [4.78, 5) is 20.2. The summed E-state index contributed by atoms with van der Waals surface area (Å²) < 4.78 is 6.12. The molecule has 2 unspecified atom stereocenters. The van der Waals surface area contributed by atoms with Gasteiger partial charge in [-0.3, -0.25) is 9.78 Å². The molecule has 0 spiro atoms. The second-order valence-electron chi connectivity index (χ2n) is 6.99. The SMILES string of the molecule is O=C(CCSc1ccccc1)N1C2CCC1CC(Oc1ccncc1)C2. The number of amides is 1. The van der Waals surface area contributed by atoms with E-state index in [0.717, 1.165) is 37.2 Å². The predicted molar refractivity (Wildman–Crippen MR) is 103 cm³/mol. The van der Waals surface area contributed by atoms with Crippen molar-refractivity contribution in [2.24, 2.45) is 0 Å². The molecule has 0 saturated carbocycles. The number of aromatic nitrogens is 1. The van der Waals surface area contributed by atoms with Crippen molar-refractivity contribution in [1.29, 1.82) is 0 Å². The van der Waals surface area contributed by atoms with E-state index in [9.17, 15) is 4.79 Å². The van der Waals surface area contributed by atoms with Crippen LogP contribution in [0.3, 0.4) is 0 Å². The van der Waals surface area contributed by atoms with Crippen LogP contribution in [0.1, 0.15) is 32.1 Å². The van der Waals surface area contributed by atoms with Crippen LogP contribution in [0.4, 0.5) is 0 Å². The van der Waals surface area contributed by atoms with Crippen LogP contribution in [0.5, 0.6) is 5.75 Å². The van der Waals surface area contributed by atoms with Gasteiger partial charge in [-0.25, -0.2) is 0 Å². The zero-order valence-electron chi connectivity index (χ0n) is 14.8. The molecular formula is C21H24N2O2S. The van der Waals surface area contributed by atoms with Crippen LogP contribution in [-0.4, -0.2) is 39.7 Å². The third-order valence-corrected chi connectivity index (χ3v) is 6.27. The fourth-order valence-electron chi connectivity index (χ4n) is 4.14. The Bertz CT molecular complexity index is 711. The average Bonchev–Trinajstić information content (AvgIpc) is 2.94. The summed E-state index contributed by atoms with van der Waals surface area (Å²) in [5.41, 5.74) is 0. The molecule has 2 aromatic rings. The van der Waals surface area contributed by atoms with Gasteiger partial charge in [0, 0.05) is 54.4 Å². The van der Waals surface area contributed by atoms with Crippen molar-refractivity contribution in [3.63, 3.8) is 0 Å². The Kier molecular flexibility index (Phi) is 5.44. The van der Waals surface area contributed by atoms with Crippen molar-refractivity contribution in [3.8, 4) is 5.75 Å². The van der Waals surface area contributed by atoms with E-state index in [1.807, 2.05) is 30.3 Å². The second kappa shape index (κ2) is 8.12. The van der Waals surface area contributed by atoms with Crippen LogP contribution in [-0.2, 0) is 4.79 Å². The normalized spacial score (nSPS) is 24.5. The summed E-state index contributed by atoms with van der Waals surface area (Å²) in [6.45, 7) is 0. The largest absolute Gasteiger partial charge is 0.490 e. The molecule has 1 amide bonds. The fraction of sp³-hybridized carbons (Fsp3) is 0.429. The Labute approximate surface area is 159 Å². The number of rotatable bonds is 6. The maximum absolute atomic E-state index is 12.8. The van der Waals surface area contributed by atoms with Gasteiger partial charge in [0.15, 0.2) is 0 Å². The lowest BCUT2D eigenvalue weighted by atomic mass is 9.99. The van der Waals surface area contributed by atoms with Crippen LogP contribution in [0.15, 0.2) is 59.8 Å². The molecule has 1 aromatic carbocycles. The highest BCUT2D eigenvalue weighted by atomic mass is 32.2. The van der Waals surface area contributed by atoms with Gasteiger partial charge in [0.2, 0.25) is 5.91 Å². The van der Waals surface area contributed by atoms with E-state index in [2.05, 4.69) is 22.0 Å². The molecule has 2 bridgehead atoms. The molecule has 5 heteroatoms. The van der Waals surface area contributed by atoms with E-state index < -0.39 is 0 Å². The average molecular weight is 369 g/mol. The number of ether oxygens (including phenoxy) is 1. The third-order valence-electron chi connectivity index (χ3n) is 5.26. The number of nitrogens with zero attached hydrogens (tertiary/aromatic N) is 2. The summed E-state index contributed by atoms with van der Waals surface area (Å²) in [6.07, 6.45) is 8.43. The lowest BCUT2D eigenvalue weighted by molar-refractivity contribution is -0.136. The molecule has 1 aromatic heterocycles. The number of carbonyl (C=O) groups excluding carboxylic acids is 1. The Morgan fingerprint density at radius 2 is 1.77 bits per heavy atom. The lowest BCUT2D eigenvalue weighted by Crippen LogP contribution is -2.49. The van der Waals surface area contributed by atoms with E-state index in [1.165, 1.54) is 4.90 Å². The summed E-state index contributed by atoms with van der Waals surface area (Å²) in [7, 11) is 0. The molecule has 2 aliphatic heterocycles. The van der Waals surface area contributed by atoms with Gasteiger partial charge in [0.25, 0.3) is 0 Å². The Balaban J connectivity index is 1.29. The van der Waals surface area contributed by atoms with Gasteiger partial charge >= 0.3 is 0 Å². The highest BCUT2D eigenvalue weighted by Gasteiger charge is 2.43. The Morgan fingerprint density at radius 1 is 1.08 bits per heavy atom. The van der Waals surface area contributed by atoms with Gasteiger partial charge in [-0.1, -0.05) is 18.2 Å². The first-order valence-corrected chi connectivity index (χ1v) is 10.3. The minimum absolute atomic E-state index is 0.206. The molecule has 136 valence electrons. The van der Waals surface area contributed by atoms with E-state index in [-0.39, 0.29) is 6.10 Å². The maximum atomic E-state index is 12.8. The van der Waals surface area contributed by atoms with Crippen LogP contribution in [0.2, 0.25) is 0 Å². The van der Waals surface area contributed by atoms with Gasteiger partial charge < -0.3 is 9.64 Å². The first-order chi connectivity index (χ1) is 12.8. The van der Waals surface area contributed by atoms with Crippen molar-refractivity contribution < 1.29 is 9.53 Å². The van der Waals surface area contributed by atoms with E-state index in [0.29, 0.717) is 24.4 Å². The van der Waals surface area contributed by atoms with Crippen molar-refractivity contribution in [2.45, 2.75) is 55.2 Å². The van der Waals surface area contributed by atoms with Gasteiger partial charge in [0.1, 0.15) is 11.9 Å². The van der Waals surface area contributed by atoms with E-state index >= 15 is 0 Å². The van der Waals surface area contributed by atoms with E-state index in [1.54, 1.807) is 24.2 Å². The number of hydrogen-bond donors (Lipinski definition) is 0. The number of carbonyl (C=O) groups is 1. The molecular weight excluding hydrogens is 344 g/mol. The smallest absolute Gasteiger partial charge is 0.223 e. The molecule has 2 aliphatic rings. The summed E-state index contributed by atoms with van der Waals surface area (Å²) >= 11 is 1.76. The molecule has 2 atom stereocenters. The highest BCUT2D eigenvalue weighted by Crippen LogP contribution is 2.38. The van der Waals surface area contributed by atoms with Crippen molar-refractivity contribution in [1.82, 2.24) is 9.88 Å². The summed E-state index contributed by atoms with van der Waals surface area (Å²) in [5.74, 6) is 2.03. The van der Waals surface area contributed by atoms with Crippen LogP contribution in [0.25, 0.3) is 0 Å².